The highest BCUT2D eigenvalue weighted by atomic mass is 28.2. The van der Waals surface area contributed by atoms with Gasteiger partial charge in [0.05, 0.1) is 16.1 Å². The van der Waals surface area contributed by atoms with Gasteiger partial charge in [0.2, 0.25) is 0 Å². The van der Waals surface area contributed by atoms with Gasteiger partial charge in [-0.15, -0.1) is 0 Å². The highest BCUT2D eigenvalue weighted by molar-refractivity contribution is 6.36. The summed E-state index contributed by atoms with van der Waals surface area (Å²) < 4.78 is 15.2. The van der Waals surface area contributed by atoms with E-state index in [4.69, 9.17) is 14.6 Å². The molecule has 0 aromatic heterocycles. The second kappa shape index (κ2) is 9.94. The molecule has 0 heterocycles. The van der Waals surface area contributed by atoms with E-state index in [9.17, 15) is 4.79 Å². The summed E-state index contributed by atoms with van der Waals surface area (Å²) in [5.74, 6) is -0.0372. The van der Waals surface area contributed by atoms with Crippen molar-refractivity contribution in [2.75, 3.05) is 19.8 Å². The van der Waals surface area contributed by atoms with Crippen LogP contribution in [0.1, 0.15) is 20.3 Å². The van der Waals surface area contributed by atoms with Crippen LogP contribution in [0.2, 0.25) is 6.04 Å². The van der Waals surface area contributed by atoms with E-state index in [2.05, 4.69) is 4.74 Å². The molecule has 5 nitrogen and oxygen atoms in total. The van der Waals surface area contributed by atoms with E-state index in [1.54, 1.807) is 0 Å². The van der Waals surface area contributed by atoms with Gasteiger partial charge in [0.1, 0.15) is 5.91 Å². The summed E-state index contributed by atoms with van der Waals surface area (Å²) >= 11 is 0. The SMILES string of the molecule is CCOC(OCC)[SiH2]CCCOC(=O)O. The van der Waals surface area contributed by atoms with Crippen molar-refractivity contribution in [2.45, 2.75) is 32.2 Å². The van der Waals surface area contributed by atoms with Gasteiger partial charge in [0.25, 0.3) is 0 Å². The Morgan fingerprint density at radius 2 is 1.93 bits per heavy atom. The Balaban J connectivity index is 3.39. The third-order valence-corrected chi connectivity index (χ3v) is 3.62. The van der Waals surface area contributed by atoms with Crippen LogP contribution in [-0.2, 0) is 14.2 Å². The average Bonchev–Trinajstić information content (AvgIpc) is 2.17. The molecular weight excluding hydrogens is 216 g/mol. The molecule has 6 heteroatoms. The van der Waals surface area contributed by atoms with E-state index in [0.29, 0.717) is 13.2 Å². The molecule has 0 aliphatic rings. The maximum absolute atomic E-state index is 10.0. The van der Waals surface area contributed by atoms with Gasteiger partial charge in [-0.05, 0) is 20.3 Å². The zero-order valence-electron chi connectivity index (χ0n) is 9.40. The molecule has 90 valence electrons. The van der Waals surface area contributed by atoms with Crippen LogP contribution in [0.5, 0.6) is 0 Å². The minimum atomic E-state index is -1.21. The number of ether oxygens (including phenoxy) is 3. The zero-order valence-corrected chi connectivity index (χ0v) is 10.8. The summed E-state index contributed by atoms with van der Waals surface area (Å²) in [5, 5.41) is 8.23. The van der Waals surface area contributed by atoms with E-state index in [1.807, 2.05) is 13.8 Å². The van der Waals surface area contributed by atoms with Crippen LogP contribution in [-0.4, -0.2) is 46.5 Å². The fourth-order valence-corrected chi connectivity index (χ4v) is 2.79. The van der Waals surface area contributed by atoms with E-state index in [-0.39, 0.29) is 12.5 Å². The van der Waals surface area contributed by atoms with Gasteiger partial charge in [-0.1, -0.05) is 6.04 Å². The van der Waals surface area contributed by atoms with Gasteiger partial charge in [-0.25, -0.2) is 4.79 Å². The molecule has 0 aliphatic carbocycles. The van der Waals surface area contributed by atoms with Crippen LogP contribution < -0.4 is 0 Å². The van der Waals surface area contributed by atoms with Crippen LogP contribution in [0.25, 0.3) is 0 Å². The second-order valence-corrected chi connectivity index (χ2v) is 4.90. The molecule has 15 heavy (non-hydrogen) atoms. The molecule has 0 aromatic carbocycles. The van der Waals surface area contributed by atoms with Crippen LogP contribution in [0.3, 0.4) is 0 Å². The average molecular weight is 236 g/mol. The third-order valence-electron chi connectivity index (χ3n) is 1.76. The lowest BCUT2D eigenvalue weighted by atomic mass is 10.5. The Labute approximate surface area is 92.5 Å². The smallest absolute Gasteiger partial charge is 0.450 e. The van der Waals surface area contributed by atoms with E-state index in [1.165, 1.54) is 0 Å². The van der Waals surface area contributed by atoms with Gasteiger partial charge in [-0.3, -0.25) is 0 Å². The minimum Gasteiger partial charge on any atom is -0.450 e. The zero-order chi connectivity index (χ0) is 11.5. The van der Waals surface area contributed by atoms with Gasteiger partial charge in [0.15, 0.2) is 0 Å². The molecule has 0 unspecified atom stereocenters. The van der Waals surface area contributed by atoms with E-state index in [0.717, 1.165) is 12.5 Å². The van der Waals surface area contributed by atoms with E-state index < -0.39 is 15.7 Å². The van der Waals surface area contributed by atoms with Gasteiger partial charge >= 0.3 is 6.16 Å². The first-order valence-electron chi connectivity index (χ1n) is 5.29. The lowest BCUT2D eigenvalue weighted by Crippen LogP contribution is -2.24. The summed E-state index contributed by atoms with van der Waals surface area (Å²) in [6.07, 6.45) is -0.447. The first-order valence-corrected chi connectivity index (χ1v) is 7.11. The first-order chi connectivity index (χ1) is 7.20. The van der Waals surface area contributed by atoms with Crippen LogP contribution >= 0.6 is 0 Å². The second-order valence-electron chi connectivity index (χ2n) is 2.95. The quantitative estimate of drug-likeness (QED) is 0.280. The highest BCUT2D eigenvalue weighted by Crippen LogP contribution is 1.99. The lowest BCUT2D eigenvalue weighted by molar-refractivity contribution is -0.0828. The Bertz CT molecular complexity index is 159. The Morgan fingerprint density at radius 3 is 2.40 bits per heavy atom. The van der Waals surface area contributed by atoms with Crippen molar-refractivity contribution in [3.63, 3.8) is 0 Å². The summed E-state index contributed by atoms with van der Waals surface area (Å²) in [6.45, 7) is 5.46. The summed E-state index contributed by atoms with van der Waals surface area (Å²) in [5.41, 5.74) is 0. The predicted octanol–water partition coefficient (Wildman–Crippen LogP) is 1.01. The number of hydrogen-bond acceptors (Lipinski definition) is 4. The fourth-order valence-electron chi connectivity index (χ4n) is 1.16. The van der Waals surface area contributed by atoms with Crippen molar-refractivity contribution in [2.24, 2.45) is 0 Å². The largest absolute Gasteiger partial charge is 0.505 e. The maximum Gasteiger partial charge on any atom is 0.505 e. The molecular formula is C9H20O5Si. The molecule has 0 bridgehead atoms. The minimum absolute atomic E-state index is 0.0372. The number of rotatable bonds is 9. The summed E-state index contributed by atoms with van der Waals surface area (Å²) in [7, 11) is -0.459. The predicted molar refractivity (Wildman–Crippen MR) is 59.0 cm³/mol. The van der Waals surface area contributed by atoms with Crippen molar-refractivity contribution in [3.05, 3.63) is 0 Å². The van der Waals surface area contributed by atoms with Crippen molar-refractivity contribution >= 4 is 15.7 Å². The van der Waals surface area contributed by atoms with Crippen LogP contribution in [0, 0.1) is 0 Å². The summed E-state index contributed by atoms with van der Waals surface area (Å²) in [6, 6.07) is 0.970. The third kappa shape index (κ3) is 9.71. The molecule has 0 aromatic rings. The molecule has 0 spiro atoms. The number of carboxylic acid groups (broad SMARTS) is 1. The molecule has 0 saturated carbocycles. The van der Waals surface area contributed by atoms with Gasteiger partial charge in [-0.2, -0.15) is 0 Å². The standard InChI is InChI=1S/C9H20O5Si/c1-3-12-9(13-4-2)15-7-5-6-14-8(10)11/h9H,3-7,15H2,1-2H3,(H,10,11). The normalized spacial score (nSPS) is 11.4. The monoisotopic (exact) mass is 236 g/mol. The highest BCUT2D eigenvalue weighted by Gasteiger charge is 2.07. The number of carbonyl (C=O) groups is 1. The van der Waals surface area contributed by atoms with Gasteiger partial charge in [0, 0.05) is 13.2 Å². The molecule has 0 amide bonds. The fraction of sp³-hybridized carbons (Fsp3) is 0.889. The summed E-state index contributed by atoms with van der Waals surface area (Å²) in [4.78, 5) is 10.0. The Hall–Kier alpha value is -0.593. The van der Waals surface area contributed by atoms with E-state index >= 15 is 0 Å². The number of hydrogen-bond donors (Lipinski definition) is 1. The van der Waals surface area contributed by atoms with Crippen molar-refractivity contribution in [1.29, 1.82) is 0 Å². The van der Waals surface area contributed by atoms with Crippen molar-refractivity contribution in [3.8, 4) is 0 Å². The molecule has 0 saturated heterocycles. The van der Waals surface area contributed by atoms with Crippen molar-refractivity contribution in [1.82, 2.24) is 0 Å². The molecule has 0 atom stereocenters. The molecule has 0 rings (SSSR count). The molecule has 0 aliphatic heterocycles. The molecule has 0 radical (unpaired) electrons. The maximum atomic E-state index is 10.0. The Kier molecular flexibility index (Phi) is 9.55. The van der Waals surface area contributed by atoms with Gasteiger partial charge < -0.3 is 19.3 Å². The molecule has 1 N–H and O–H groups in total. The van der Waals surface area contributed by atoms with Crippen molar-refractivity contribution < 1.29 is 24.1 Å². The first kappa shape index (κ1) is 14.4. The molecule has 0 fully saturated rings. The van der Waals surface area contributed by atoms with Crippen LogP contribution in [0.15, 0.2) is 0 Å². The van der Waals surface area contributed by atoms with Crippen LogP contribution in [0.4, 0.5) is 4.79 Å². The Morgan fingerprint density at radius 1 is 1.33 bits per heavy atom. The lowest BCUT2D eigenvalue weighted by Gasteiger charge is -2.16. The topological polar surface area (TPSA) is 65.0 Å².